The molecule has 37 heavy (non-hydrogen) atoms. The van der Waals surface area contributed by atoms with Gasteiger partial charge in [0.1, 0.15) is 11.3 Å². The molecule has 0 fully saturated rings. The fourth-order valence-corrected chi connectivity index (χ4v) is 4.52. The highest BCUT2D eigenvalue weighted by molar-refractivity contribution is 7.80. The number of oxazole rings is 1. The number of hydrogen-bond donors (Lipinski definition) is 2. The molecule has 3 aromatic carbocycles. The van der Waals surface area contributed by atoms with Crippen LogP contribution in [0.5, 0.6) is 0 Å². The van der Waals surface area contributed by atoms with Gasteiger partial charge in [-0.2, -0.15) is 0 Å². The Hall–Kier alpha value is -3.65. The van der Waals surface area contributed by atoms with Crippen LogP contribution < -0.4 is 10.6 Å². The lowest BCUT2D eigenvalue weighted by atomic mass is 10.1. The van der Waals surface area contributed by atoms with E-state index in [-0.39, 0.29) is 10.9 Å². The number of carbonyl (C=O) groups is 1. The molecular formula is C28H21Cl2N3O3S. The van der Waals surface area contributed by atoms with Crippen LogP contribution in [0.1, 0.15) is 27.2 Å². The number of nitrogens with zero attached hydrogens (tertiary/aromatic N) is 1. The number of amides is 1. The second kappa shape index (κ2) is 10.0. The minimum absolute atomic E-state index is 0.127. The Morgan fingerprint density at radius 1 is 0.865 bits per heavy atom. The Balaban J connectivity index is 1.31. The monoisotopic (exact) mass is 549 g/mol. The number of rotatable bonds is 4. The number of aryl methyl sites for hydroxylation is 3. The van der Waals surface area contributed by atoms with E-state index in [4.69, 9.17) is 44.3 Å². The fraction of sp³-hybridized carbons (Fsp3) is 0.107. The molecule has 2 heterocycles. The maximum absolute atomic E-state index is 12.8. The van der Waals surface area contributed by atoms with Crippen LogP contribution in [0.25, 0.3) is 33.9 Å². The second-order valence-electron chi connectivity index (χ2n) is 8.66. The number of carbonyl (C=O) groups excluding carboxylic acids is 1. The van der Waals surface area contributed by atoms with E-state index in [1.54, 1.807) is 24.3 Å². The first kappa shape index (κ1) is 25.0. The highest BCUT2D eigenvalue weighted by atomic mass is 35.5. The van der Waals surface area contributed by atoms with Crippen LogP contribution in [0.2, 0.25) is 10.0 Å². The smallest absolute Gasteiger partial charge is 0.293 e. The van der Waals surface area contributed by atoms with Crippen molar-refractivity contribution in [2.24, 2.45) is 0 Å². The summed E-state index contributed by atoms with van der Waals surface area (Å²) in [5.74, 6) is 0.693. The highest BCUT2D eigenvalue weighted by Gasteiger charge is 2.16. The van der Waals surface area contributed by atoms with Crippen molar-refractivity contribution in [2.75, 3.05) is 5.32 Å². The molecule has 0 saturated heterocycles. The van der Waals surface area contributed by atoms with Crippen LogP contribution in [-0.2, 0) is 0 Å². The van der Waals surface area contributed by atoms with Gasteiger partial charge in [-0.1, -0.05) is 41.4 Å². The summed E-state index contributed by atoms with van der Waals surface area (Å²) in [4.78, 5) is 17.3. The third-order valence-corrected chi connectivity index (χ3v) is 6.69. The Labute approximate surface area is 228 Å². The predicted molar refractivity (Wildman–Crippen MR) is 152 cm³/mol. The number of hydrogen-bond acceptors (Lipinski definition) is 5. The first-order valence-corrected chi connectivity index (χ1v) is 12.5. The molecule has 0 saturated carbocycles. The number of fused-ring (bicyclic) bond motifs is 1. The number of nitrogens with one attached hydrogen (secondary N) is 2. The number of thiocarbonyl (C=S) groups is 1. The van der Waals surface area contributed by atoms with Crippen LogP contribution in [0.15, 0.2) is 69.5 Å². The average Bonchev–Trinajstić information content (AvgIpc) is 3.50. The van der Waals surface area contributed by atoms with E-state index in [1.165, 1.54) is 5.56 Å². The van der Waals surface area contributed by atoms with Gasteiger partial charge in [-0.15, -0.1) is 0 Å². The van der Waals surface area contributed by atoms with Gasteiger partial charge >= 0.3 is 0 Å². The van der Waals surface area contributed by atoms with E-state index in [0.29, 0.717) is 44.0 Å². The van der Waals surface area contributed by atoms with Gasteiger partial charge in [0.25, 0.3) is 5.91 Å². The largest absolute Gasteiger partial charge is 0.451 e. The lowest BCUT2D eigenvalue weighted by molar-refractivity contribution is 0.0951. The van der Waals surface area contributed by atoms with Crippen LogP contribution >= 0.6 is 35.4 Å². The fourth-order valence-electron chi connectivity index (χ4n) is 3.80. The first-order chi connectivity index (χ1) is 17.7. The molecule has 0 unspecified atom stereocenters. The van der Waals surface area contributed by atoms with Crippen molar-refractivity contribution in [3.8, 4) is 22.8 Å². The molecule has 0 aliphatic heterocycles. The van der Waals surface area contributed by atoms with E-state index in [2.05, 4.69) is 15.6 Å². The molecular weight excluding hydrogens is 529 g/mol. The van der Waals surface area contributed by atoms with E-state index in [0.717, 1.165) is 16.7 Å². The molecule has 0 atom stereocenters. The van der Waals surface area contributed by atoms with Gasteiger partial charge in [0.2, 0.25) is 5.89 Å². The van der Waals surface area contributed by atoms with Gasteiger partial charge < -0.3 is 14.2 Å². The standard InChI is InChI=1S/C28H21Cl2N3O3S/c1-14-4-6-17(10-16(14)3)23-8-9-24(35-23)26(34)33-28(37)32-21-11-18(7-5-15(21)2)27-31-22-13-19(29)12-20(30)25(22)36-27/h4-13H,1-3H3,(H2,32,33,34,37). The van der Waals surface area contributed by atoms with Crippen molar-refractivity contribution < 1.29 is 13.6 Å². The van der Waals surface area contributed by atoms with Crippen molar-refractivity contribution in [3.63, 3.8) is 0 Å². The van der Waals surface area contributed by atoms with Crippen molar-refractivity contribution in [3.05, 3.63) is 93.2 Å². The van der Waals surface area contributed by atoms with Crippen LogP contribution in [-0.4, -0.2) is 16.0 Å². The average molecular weight is 550 g/mol. The zero-order chi connectivity index (χ0) is 26.3. The zero-order valence-corrected chi connectivity index (χ0v) is 22.4. The summed E-state index contributed by atoms with van der Waals surface area (Å²) in [6.07, 6.45) is 0. The quantitative estimate of drug-likeness (QED) is 0.220. The number of furan rings is 1. The summed E-state index contributed by atoms with van der Waals surface area (Å²) >= 11 is 17.7. The number of benzene rings is 3. The molecule has 1 amide bonds. The van der Waals surface area contributed by atoms with Crippen molar-refractivity contribution >= 4 is 63.2 Å². The molecule has 5 aromatic rings. The molecule has 9 heteroatoms. The van der Waals surface area contributed by atoms with Gasteiger partial charge in [-0.05, 0) is 92.1 Å². The Morgan fingerprint density at radius 3 is 2.41 bits per heavy atom. The Morgan fingerprint density at radius 2 is 1.62 bits per heavy atom. The molecule has 2 N–H and O–H groups in total. The Kier molecular flexibility index (Phi) is 6.77. The Bertz CT molecular complexity index is 1690. The normalized spacial score (nSPS) is 11.1. The molecule has 5 rings (SSSR count). The molecule has 0 bridgehead atoms. The summed E-state index contributed by atoms with van der Waals surface area (Å²) in [5.41, 5.74) is 6.55. The molecule has 0 radical (unpaired) electrons. The summed E-state index contributed by atoms with van der Waals surface area (Å²) < 4.78 is 11.7. The molecule has 6 nitrogen and oxygen atoms in total. The van der Waals surface area contributed by atoms with E-state index in [1.807, 2.05) is 57.2 Å². The van der Waals surface area contributed by atoms with E-state index in [9.17, 15) is 4.79 Å². The molecule has 186 valence electrons. The third-order valence-electron chi connectivity index (χ3n) is 5.99. The summed E-state index contributed by atoms with van der Waals surface area (Å²) in [7, 11) is 0. The minimum Gasteiger partial charge on any atom is -0.451 e. The van der Waals surface area contributed by atoms with Crippen molar-refractivity contribution in [1.82, 2.24) is 10.3 Å². The number of anilines is 1. The van der Waals surface area contributed by atoms with Gasteiger partial charge in [-0.25, -0.2) is 4.98 Å². The van der Waals surface area contributed by atoms with Gasteiger partial charge in [0, 0.05) is 21.8 Å². The van der Waals surface area contributed by atoms with Gasteiger partial charge in [0.05, 0.1) is 5.02 Å². The lowest BCUT2D eigenvalue weighted by Crippen LogP contribution is -2.34. The minimum atomic E-state index is -0.452. The van der Waals surface area contributed by atoms with Gasteiger partial charge in [0.15, 0.2) is 16.5 Å². The van der Waals surface area contributed by atoms with Crippen molar-refractivity contribution in [2.45, 2.75) is 20.8 Å². The van der Waals surface area contributed by atoms with E-state index >= 15 is 0 Å². The molecule has 0 aliphatic carbocycles. The predicted octanol–water partition coefficient (Wildman–Crippen LogP) is 8.11. The summed E-state index contributed by atoms with van der Waals surface area (Å²) in [6, 6.07) is 18.3. The van der Waals surface area contributed by atoms with Crippen molar-refractivity contribution in [1.29, 1.82) is 0 Å². The third kappa shape index (κ3) is 5.25. The number of halogens is 2. The lowest BCUT2D eigenvalue weighted by Gasteiger charge is -2.12. The number of aromatic nitrogens is 1. The topological polar surface area (TPSA) is 80.3 Å². The molecule has 0 spiro atoms. The van der Waals surface area contributed by atoms with Crippen LogP contribution in [0, 0.1) is 20.8 Å². The van der Waals surface area contributed by atoms with E-state index < -0.39 is 5.91 Å². The summed E-state index contributed by atoms with van der Waals surface area (Å²) in [6.45, 7) is 6.00. The van der Waals surface area contributed by atoms with Crippen LogP contribution in [0.3, 0.4) is 0 Å². The highest BCUT2D eigenvalue weighted by Crippen LogP contribution is 2.33. The summed E-state index contributed by atoms with van der Waals surface area (Å²) in [5, 5.41) is 6.72. The first-order valence-electron chi connectivity index (χ1n) is 11.3. The zero-order valence-electron chi connectivity index (χ0n) is 20.1. The SMILES string of the molecule is Cc1ccc(-c2ccc(C(=O)NC(=S)Nc3cc(-c4nc5cc(Cl)cc(Cl)c5o4)ccc3C)o2)cc1C. The van der Waals surface area contributed by atoms with Crippen LogP contribution in [0.4, 0.5) is 5.69 Å². The molecule has 0 aliphatic rings. The second-order valence-corrected chi connectivity index (χ2v) is 9.91. The maximum atomic E-state index is 12.8. The maximum Gasteiger partial charge on any atom is 0.293 e. The van der Waals surface area contributed by atoms with Gasteiger partial charge in [-0.3, -0.25) is 10.1 Å². The molecule has 2 aromatic heterocycles.